The lowest BCUT2D eigenvalue weighted by molar-refractivity contribution is 0.618. The Kier molecular flexibility index (Phi) is 5.57. The van der Waals surface area contributed by atoms with E-state index in [1.807, 2.05) is 78.9 Å². The van der Waals surface area contributed by atoms with E-state index >= 15 is 0 Å². The van der Waals surface area contributed by atoms with E-state index in [0.29, 0.717) is 39.8 Å². The molecule has 7 aromatic carbocycles. The Bertz CT molecular complexity index is 2750. The molecule has 7 heteroatoms. The van der Waals surface area contributed by atoms with Gasteiger partial charge < -0.3 is 8.83 Å². The van der Waals surface area contributed by atoms with E-state index in [0.717, 1.165) is 59.8 Å². The number of furan rings is 2. The average Bonchev–Trinajstić information content (AvgIpc) is 3.70. The van der Waals surface area contributed by atoms with Crippen molar-refractivity contribution in [2.24, 2.45) is 0 Å². The van der Waals surface area contributed by atoms with Crippen molar-refractivity contribution < 1.29 is 17.6 Å². The van der Waals surface area contributed by atoms with Gasteiger partial charge in [-0.15, -0.1) is 0 Å². The molecule has 3 heterocycles. The summed E-state index contributed by atoms with van der Waals surface area (Å²) in [5.74, 6) is 0.585. The van der Waals surface area contributed by atoms with Crippen LogP contribution < -0.4 is 0 Å². The first-order valence-corrected chi connectivity index (χ1v) is 15.5. The number of aromatic nitrogens is 3. The second-order valence-electron chi connectivity index (χ2n) is 11.9. The molecular formula is C41H21F2N3O2. The van der Waals surface area contributed by atoms with Gasteiger partial charge in [-0.1, -0.05) is 78.9 Å². The van der Waals surface area contributed by atoms with Crippen molar-refractivity contribution in [2.75, 3.05) is 0 Å². The molecule has 10 rings (SSSR count). The SMILES string of the molecule is Fc1ccc2c(c1)oc1c3ccccc3cc(-c3nc(-c4ccccc4)nc(-c4cc5ccccc5c5oc6cc(F)ccc6c45)n3)c21. The van der Waals surface area contributed by atoms with Gasteiger partial charge >= 0.3 is 0 Å². The third-order valence-corrected chi connectivity index (χ3v) is 9.00. The van der Waals surface area contributed by atoms with Gasteiger partial charge in [-0.25, -0.2) is 23.7 Å². The monoisotopic (exact) mass is 625 g/mol. The van der Waals surface area contributed by atoms with Gasteiger partial charge in [0.05, 0.1) is 0 Å². The summed E-state index contributed by atoms with van der Waals surface area (Å²) in [5, 5.41) is 6.74. The molecule has 0 saturated carbocycles. The van der Waals surface area contributed by atoms with Crippen molar-refractivity contribution in [3.8, 4) is 34.2 Å². The number of rotatable bonds is 3. The number of fused-ring (bicyclic) bond motifs is 10. The molecule has 0 spiro atoms. The molecule has 0 amide bonds. The van der Waals surface area contributed by atoms with Crippen LogP contribution in [0, 0.1) is 11.6 Å². The molecule has 10 aromatic rings. The first kappa shape index (κ1) is 26.7. The summed E-state index contributed by atoms with van der Waals surface area (Å²) in [5.41, 5.74) is 4.40. The highest BCUT2D eigenvalue weighted by molar-refractivity contribution is 6.22. The highest BCUT2D eigenvalue weighted by atomic mass is 19.1. The van der Waals surface area contributed by atoms with Gasteiger partial charge in [-0.2, -0.15) is 0 Å². The minimum atomic E-state index is -0.381. The maximum Gasteiger partial charge on any atom is 0.164 e. The minimum Gasteiger partial charge on any atom is -0.455 e. The normalized spacial score (nSPS) is 12.0. The molecule has 5 nitrogen and oxygen atoms in total. The fourth-order valence-corrected chi connectivity index (χ4v) is 6.86. The van der Waals surface area contributed by atoms with E-state index in [-0.39, 0.29) is 11.6 Å². The second kappa shape index (κ2) is 10.0. The van der Waals surface area contributed by atoms with Crippen LogP contribution in [-0.4, -0.2) is 15.0 Å². The maximum atomic E-state index is 14.4. The van der Waals surface area contributed by atoms with E-state index in [4.69, 9.17) is 23.8 Å². The Morgan fingerprint density at radius 3 is 1.40 bits per heavy atom. The molecule has 0 unspecified atom stereocenters. The van der Waals surface area contributed by atoms with Crippen LogP contribution in [0.15, 0.2) is 136 Å². The topological polar surface area (TPSA) is 65.0 Å². The first-order valence-electron chi connectivity index (χ1n) is 15.5. The van der Waals surface area contributed by atoms with Crippen LogP contribution in [-0.2, 0) is 0 Å². The van der Waals surface area contributed by atoms with Crippen LogP contribution in [0.3, 0.4) is 0 Å². The number of nitrogens with zero attached hydrogens (tertiary/aromatic N) is 3. The van der Waals surface area contributed by atoms with E-state index in [1.54, 1.807) is 12.1 Å². The summed E-state index contributed by atoms with van der Waals surface area (Å²) in [6, 6.07) is 38.8. The van der Waals surface area contributed by atoms with Crippen molar-refractivity contribution in [2.45, 2.75) is 0 Å². The predicted molar refractivity (Wildman–Crippen MR) is 186 cm³/mol. The molecule has 0 aliphatic rings. The highest BCUT2D eigenvalue weighted by Gasteiger charge is 2.23. The molecule has 0 fully saturated rings. The van der Waals surface area contributed by atoms with Gasteiger partial charge in [0.25, 0.3) is 0 Å². The lowest BCUT2D eigenvalue weighted by atomic mass is 9.98. The summed E-state index contributed by atoms with van der Waals surface area (Å²) >= 11 is 0. The Balaban J connectivity index is 1.35. The summed E-state index contributed by atoms with van der Waals surface area (Å²) < 4.78 is 41.5. The zero-order chi connectivity index (χ0) is 31.9. The molecule has 0 N–H and O–H groups in total. The first-order chi connectivity index (χ1) is 23.6. The highest BCUT2D eigenvalue weighted by Crippen LogP contribution is 2.43. The Morgan fingerprint density at radius 1 is 0.417 bits per heavy atom. The minimum absolute atomic E-state index is 0.381. The van der Waals surface area contributed by atoms with Crippen LogP contribution in [0.5, 0.6) is 0 Å². The van der Waals surface area contributed by atoms with Crippen LogP contribution in [0.2, 0.25) is 0 Å². The maximum absolute atomic E-state index is 14.4. The van der Waals surface area contributed by atoms with Crippen molar-refractivity contribution in [3.63, 3.8) is 0 Å². The van der Waals surface area contributed by atoms with Crippen molar-refractivity contribution in [1.82, 2.24) is 15.0 Å². The Hall–Kier alpha value is -6.47. The van der Waals surface area contributed by atoms with Crippen molar-refractivity contribution in [1.29, 1.82) is 0 Å². The summed E-state index contributed by atoms with van der Waals surface area (Å²) in [6.07, 6.45) is 0. The van der Waals surface area contributed by atoms with E-state index in [9.17, 15) is 8.78 Å². The van der Waals surface area contributed by atoms with Crippen LogP contribution in [0.1, 0.15) is 0 Å². The number of benzene rings is 7. The fourth-order valence-electron chi connectivity index (χ4n) is 6.86. The molecule has 0 bridgehead atoms. The summed E-state index contributed by atoms with van der Waals surface area (Å²) in [6.45, 7) is 0. The molecule has 48 heavy (non-hydrogen) atoms. The molecule has 0 saturated heterocycles. The smallest absolute Gasteiger partial charge is 0.164 e. The Morgan fingerprint density at radius 2 is 0.875 bits per heavy atom. The zero-order valence-electron chi connectivity index (χ0n) is 25.0. The third-order valence-electron chi connectivity index (χ3n) is 9.00. The van der Waals surface area contributed by atoms with Gasteiger partial charge in [0.2, 0.25) is 0 Å². The molecule has 0 aliphatic heterocycles. The van der Waals surface area contributed by atoms with Gasteiger partial charge in [-0.05, 0) is 47.2 Å². The van der Waals surface area contributed by atoms with E-state index in [1.165, 1.54) is 24.3 Å². The fraction of sp³-hybridized carbons (Fsp3) is 0. The van der Waals surface area contributed by atoms with Crippen LogP contribution in [0.25, 0.3) is 99.6 Å². The molecule has 3 aromatic heterocycles. The zero-order valence-corrected chi connectivity index (χ0v) is 25.0. The van der Waals surface area contributed by atoms with Crippen LogP contribution in [0.4, 0.5) is 8.78 Å². The van der Waals surface area contributed by atoms with Crippen molar-refractivity contribution in [3.05, 3.63) is 139 Å². The summed E-state index contributed by atoms with van der Waals surface area (Å²) in [4.78, 5) is 15.3. The molecule has 0 radical (unpaired) electrons. The average molecular weight is 626 g/mol. The number of halogens is 2. The van der Waals surface area contributed by atoms with E-state index in [2.05, 4.69) is 12.1 Å². The van der Waals surface area contributed by atoms with E-state index < -0.39 is 0 Å². The van der Waals surface area contributed by atoms with Gasteiger partial charge in [0.1, 0.15) is 34.0 Å². The molecule has 226 valence electrons. The van der Waals surface area contributed by atoms with Crippen molar-refractivity contribution >= 4 is 65.4 Å². The molecule has 0 atom stereocenters. The largest absolute Gasteiger partial charge is 0.455 e. The second-order valence-corrected chi connectivity index (χ2v) is 11.9. The molecule has 0 aliphatic carbocycles. The van der Waals surface area contributed by atoms with Gasteiger partial charge in [-0.3, -0.25) is 0 Å². The van der Waals surface area contributed by atoms with Gasteiger partial charge in [0.15, 0.2) is 17.5 Å². The number of hydrogen-bond donors (Lipinski definition) is 0. The standard InChI is InChI=1S/C41H21F2N3O2/c42-25-14-16-29-33(20-25)47-37-27-12-6-4-10-23(27)18-31(35(29)37)40-44-39(22-8-2-1-3-9-22)45-41(46-40)32-19-24-11-5-7-13-28(24)38-36(32)30-17-15-26(43)21-34(30)48-38/h1-21H. The Labute approximate surface area is 270 Å². The van der Waals surface area contributed by atoms with Crippen LogP contribution >= 0.6 is 0 Å². The predicted octanol–water partition coefficient (Wildman–Crippen LogP) is 11.3. The summed E-state index contributed by atoms with van der Waals surface area (Å²) in [7, 11) is 0. The molecular weight excluding hydrogens is 604 g/mol. The lowest BCUT2D eigenvalue weighted by Gasteiger charge is -2.12. The lowest BCUT2D eigenvalue weighted by Crippen LogP contribution is -2.01. The third kappa shape index (κ3) is 3.97. The van der Waals surface area contributed by atoms with Gasteiger partial charge in [0, 0.05) is 61.1 Å². The number of hydrogen-bond acceptors (Lipinski definition) is 5. The quantitative estimate of drug-likeness (QED) is 0.195.